The molecule has 4 heteroatoms. The molecule has 4 rings (SSSR count). The van der Waals surface area contributed by atoms with Crippen LogP contribution in [0.1, 0.15) is 12.0 Å². The van der Waals surface area contributed by atoms with Crippen LogP contribution in [0.4, 0.5) is 10.1 Å². The summed E-state index contributed by atoms with van der Waals surface area (Å²) >= 11 is 4.34. The third-order valence-corrected chi connectivity index (χ3v) is 4.23. The van der Waals surface area contributed by atoms with Gasteiger partial charge in [0.25, 0.3) is 0 Å². The Morgan fingerprint density at radius 3 is 2.90 bits per heavy atom. The fourth-order valence-corrected chi connectivity index (χ4v) is 3.06. The van der Waals surface area contributed by atoms with E-state index in [4.69, 9.17) is 0 Å². The van der Waals surface area contributed by atoms with E-state index in [0.29, 0.717) is 0 Å². The maximum absolute atomic E-state index is 13.3. The van der Waals surface area contributed by atoms with Gasteiger partial charge < -0.3 is 4.98 Å². The monoisotopic (exact) mass is 296 g/mol. The highest BCUT2D eigenvalue weighted by atomic mass is 32.1. The first-order valence-corrected chi connectivity index (χ1v) is 7.32. The Morgan fingerprint density at radius 1 is 1.10 bits per heavy atom. The first-order valence-electron chi connectivity index (χ1n) is 6.87. The Labute approximate surface area is 127 Å². The number of thiol groups is 1. The predicted octanol–water partition coefficient (Wildman–Crippen LogP) is 4.88. The molecule has 2 nitrogen and oxygen atoms in total. The zero-order valence-corrected chi connectivity index (χ0v) is 12.1. The molecular formula is C17H13FN2S. The highest BCUT2D eigenvalue weighted by Crippen LogP contribution is 2.34. The molecular weight excluding hydrogens is 283 g/mol. The van der Waals surface area contributed by atoms with E-state index in [9.17, 15) is 4.39 Å². The van der Waals surface area contributed by atoms with Gasteiger partial charge in [-0.3, -0.25) is 0 Å². The van der Waals surface area contributed by atoms with Crippen LogP contribution in [0.5, 0.6) is 0 Å². The first-order chi connectivity index (χ1) is 10.2. The third kappa shape index (κ3) is 2.16. The number of rotatable bonds is 1. The average Bonchev–Trinajstić information content (AvgIpc) is 2.89. The van der Waals surface area contributed by atoms with E-state index in [1.165, 1.54) is 17.7 Å². The van der Waals surface area contributed by atoms with Crippen molar-refractivity contribution in [3.05, 3.63) is 54.0 Å². The van der Waals surface area contributed by atoms with Crippen LogP contribution in [0.15, 0.2) is 47.6 Å². The molecule has 0 saturated carbocycles. The fourth-order valence-electron chi connectivity index (χ4n) is 2.84. The van der Waals surface area contributed by atoms with Crippen LogP contribution >= 0.6 is 12.6 Å². The lowest BCUT2D eigenvalue weighted by molar-refractivity contribution is 0.629. The molecule has 104 valence electrons. The summed E-state index contributed by atoms with van der Waals surface area (Å²) in [5.74, 6) is -0.225. The number of aromatic nitrogens is 1. The molecule has 0 spiro atoms. The number of aliphatic imine (C=N–C) groups is 1. The third-order valence-electron chi connectivity index (χ3n) is 3.90. The van der Waals surface area contributed by atoms with Crippen LogP contribution in [0.25, 0.3) is 22.0 Å². The molecule has 0 radical (unpaired) electrons. The van der Waals surface area contributed by atoms with E-state index in [0.717, 1.165) is 45.6 Å². The molecule has 2 heterocycles. The lowest BCUT2D eigenvalue weighted by Gasteiger charge is -2.13. The molecule has 0 aliphatic carbocycles. The number of halogens is 1. The lowest BCUT2D eigenvalue weighted by Crippen LogP contribution is -1.99. The number of benzene rings is 2. The number of fused-ring (bicyclic) bond motifs is 2. The summed E-state index contributed by atoms with van der Waals surface area (Å²) < 4.78 is 13.3. The van der Waals surface area contributed by atoms with Gasteiger partial charge in [-0.25, -0.2) is 9.38 Å². The molecule has 0 unspecified atom stereocenters. The summed E-state index contributed by atoms with van der Waals surface area (Å²) in [5, 5.41) is 1.92. The molecule has 0 bridgehead atoms. The maximum atomic E-state index is 13.3. The fraction of sp³-hybridized carbons (Fsp3) is 0.118. The quantitative estimate of drug-likeness (QED) is 0.599. The van der Waals surface area contributed by atoms with Crippen LogP contribution < -0.4 is 0 Å². The molecule has 0 atom stereocenters. The molecule has 1 N–H and O–H groups in total. The van der Waals surface area contributed by atoms with Crippen molar-refractivity contribution in [1.29, 1.82) is 0 Å². The second-order valence-corrected chi connectivity index (χ2v) is 5.78. The van der Waals surface area contributed by atoms with E-state index in [2.05, 4.69) is 34.7 Å². The molecule has 0 amide bonds. The van der Waals surface area contributed by atoms with E-state index in [1.807, 2.05) is 18.3 Å². The van der Waals surface area contributed by atoms with Gasteiger partial charge in [-0.05, 0) is 54.3 Å². The number of H-pyrrole nitrogens is 1. The lowest BCUT2D eigenvalue weighted by atomic mass is 9.98. The van der Waals surface area contributed by atoms with E-state index in [-0.39, 0.29) is 5.82 Å². The van der Waals surface area contributed by atoms with Crippen molar-refractivity contribution < 1.29 is 4.39 Å². The normalized spacial score (nSPS) is 14.1. The van der Waals surface area contributed by atoms with Gasteiger partial charge in [0.2, 0.25) is 0 Å². The van der Waals surface area contributed by atoms with Crippen LogP contribution in [-0.4, -0.2) is 10.0 Å². The minimum Gasteiger partial charge on any atom is -0.360 e. The summed E-state index contributed by atoms with van der Waals surface area (Å²) in [6.45, 7) is 0. The number of aromatic amines is 1. The van der Waals surface area contributed by atoms with Crippen LogP contribution in [-0.2, 0) is 6.42 Å². The largest absolute Gasteiger partial charge is 0.360 e. The number of nitrogens with zero attached hydrogens (tertiary/aromatic N) is 1. The topological polar surface area (TPSA) is 28.1 Å². The van der Waals surface area contributed by atoms with Crippen molar-refractivity contribution in [3.8, 4) is 11.1 Å². The van der Waals surface area contributed by atoms with Crippen molar-refractivity contribution in [2.24, 2.45) is 4.99 Å². The SMILES string of the molecule is Fc1ccc2c(-c3ccc4c(c3)CCC(S)=N4)c[nH]c2c1. The van der Waals surface area contributed by atoms with Crippen molar-refractivity contribution in [3.63, 3.8) is 0 Å². The van der Waals surface area contributed by atoms with Crippen molar-refractivity contribution in [1.82, 2.24) is 4.98 Å². The van der Waals surface area contributed by atoms with Gasteiger partial charge in [0.1, 0.15) is 5.82 Å². The van der Waals surface area contributed by atoms with Crippen LogP contribution in [0, 0.1) is 5.82 Å². The Morgan fingerprint density at radius 2 is 2.00 bits per heavy atom. The number of nitrogens with one attached hydrogen (secondary N) is 1. The summed E-state index contributed by atoms with van der Waals surface area (Å²) in [6, 6.07) is 11.1. The maximum Gasteiger partial charge on any atom is 0.125 e. The molecule has 2 aromatic carbocycles. The van der Waals surface area contributed by atoms with Crippen LogP contribution in [0.3, 0.4) is 0 Å². The minimum atomic E-state index is -0.225. The number of hydrogen-bond donors (Lipinski definition) is 2. The van der Waals surface area contributed by atoms with Crippen LogP contribution in [0.2, 0.25) is 0 Å². The smallest absolute Gasteiger partial charge is 0.125 e. The predicted molar refractivity (Wildman–Crippen MR) is 88.1 cm³/mol. The second kappa shape index (κ2) is 4.74. The Hall–Kier alpha value is -2.07. The molecule has 3 aromatic rings. The second-order valence-electron chi connectivity index (χ2n) is 5.26. The number of hydrogen-bond acceptors (Lipinski definition) is 1. The summed E-state index contributed by atoms with van der Waals surface area (Å²) in [4.78, 5) is 7.60. The molecule has 21 heavy (non-hydrogen) atoms. The van der Waals surface area contributed by atoms with Gasteiger partial charge in [-0.15, -0.1) is 12.6 Å². The van der Waals surface area contributed by atoms with Gasteiger partial charge in [0.15, 0.2) is 0 Å². The van der Waals surface area contributed by atoms with E-state index < -0.39 is 0 Å². The zero-order chi connectivity index (χ0) is 14.4. The van der Waals surface area contributed by atoms with Crippen molar-refractivity contribution in [2.75, 3.05) is 0 Å². The van der Waals surface area contributed by atoms with Gasteiger partial charge >= 0.3 is 0 Å². The van der Waals surface area contributed by atoms with E-state index >= 15 is 0 Å². The highest BCUT2D eigenvalue weighted by molar-refractivity contribution is 7.97. The summed E-state index contributed by atoms with van der Waals surface area (Å²) in [6.07, 6.45) is 3.78. The molecule has 1 aliphatic rings. The summed E-state index contributed by atoms with van der Waals surface area (Å²) in [5.41, 5.74) is 5.28. The van der Waals surface area contributed by atoms with Crippen molar-refractivity contribution in [2.45, 2.75) is 12.8 Å². The first kappa shape index (κ1) is 12.7. The van der Waals surface area contributed by atoms with Gasteiger partial charge in [-0.2, -0.15) is 0 Å². The van der Waals surface area contributed by atoms with Crippen molar-refractivity contribution >= 4 is 34.3 Å². The molecule has 1 aromatic heterocycles. The highest BCUT2D eigenvalue weighted by Gasteiger charge is 2.13. The van der Waals surface area contributed by atoms with E-state index in [1.54, 1.807) is 0 Å². The standard InChI is InChI=1S/C17H13FN2S/c18-12-3-4-13-14(9-19-16(13)8-12)10-1-5-15-11(7-10)2-6-17(21)20-15/h1,3-5,7-9,19H,2,6H2,(H,20,21). The minimum absolute atomic E-state index is 0.225. The molecule has 0 saturated heterocycles. The van der Waals surface area contributed by atoms with Gasteiger partial charge in [0, 0.05) is 22.7 Å². The average molecular weight is 296 g/mol. The van der Waals surface area contributed by atoms with Gasteiger partial charge in [-0.1, -0.05) is 6.07 Å². The Kier molecular flexibility index (Phi) is 2.86. The van der Waals surface area contributed by atoms with Gasteiger partial charge in [0.05, 0.1) is 10.7 Å². The Bertz CT molecular complexity index is 880. The Balaban J connectivity index is 1.86. The summed E-state index contributed by atoms with van der Waals surface area (Å²) in [7, 11) is 0. The molecule has 0 fully saturated rings. The number of aryl methyl sites for hydroxylation is 1. The zero-order valence-electron chi connectivity index (χ0n) is 11.2. The molecule has 1 aliphatic heterocycles.